The van der Waals surface area contributed by atoms with Crippen LogP contribution in [0.15, 0.2) is 42.5 Å². The van der Waals surface area contributed by atoms with Gasteiger partial charge in [0.25, 0.3) is 5.91 Å². The number of rotatable bonds is 3. The van der Waals surface area contributed by atoms with Gasteiger partial charge < -0.3 is 19.7 Å². The first kappa shape index (κ1) is 19.3. The SMILES string of the molecule is COc1cccc(CC(=O)N2CCC3(CC2)CNC(=O)c2cc(C)ccc2O3)c1. The number of fused-ring (bicyclic) bond motifs is 1. The summed E-state index contributed by atoms with van der Waals surface area (Å²) in [5.74, 6) is 1.38. The summed E-state index contributed by atoms with van der Waals surface area (Å²) in [6.07, 6.45) is 1.72. The van der Waals surface area contributed by atoms with Crippen LogP contribution in [0.1, 0.15) is 34.3 Å². The molecule has 152 valence electrons. The fourth-order valence-corrected chi connectivity index (χ4v) is 4.03. The first-order valence-electron chi connectivity index (χ1n) is 9.97. The van der Waals surface area contributed by atoms with Crippen molar-refractivity contribution in [3.63, 3.8) is 0 Å². The highest BCUT2D eigenvalue weighted by atomic mass is 16.5. The van der Waals surface area contributed by atoms with Gasteiger partial charge in [0, 0.05) is 25.9 Å². The number of likely N-dealkylation sites (tertiary alicyclic amines) is 1. The molecule has 2 aliphatic heterocycles. The molecule has 6 nitrogen and oxygen atoms in total. The Morgan fingerprint density at radius 1 is 1.21 bits per heavy atom. The van der Waals surface area contributed by atoms with E-state index in [1.165, 1.54) is 0 Å². The third-order valence-electron chi connectivity index (χ3n) is 5.79. The van der Waals surface area contributed by atoms with Crippen molar-refractivity contribution < 1.29 is 19.1 Å². The maximum atomic E-state index is 12.8. The molecule has 0 bridgehead atoms. The minimum Gasteiger partial charge on any atom is -0.497 e. The number of amides is 2. The van der Waals surface area contributed by atoms with Crippen molar-refractivity contribution in [3.8, 4) is 11.5 Å². The molecule has 29 heavy (non-hydrogen) atoms. The lowest BCUT2D eigenvalue weighted by Crippen LogP contribution is -2.54. The number of benzene rings is 2. The third-order valence-corrected chi connectivity index (χ3v) is 5.79. The molecule has 1 fully saturated rings. The van der Waals surface area contributed by atoms with Crippen molar-refractivity contribution >= 4 is 11.8 Å². The number of carbonyl (C=O) groups excluding carboxylic acids is 2. The van der Waals surface area contributed by atoms with Crippen molar-refractivity contribution in [2.45, 2.75) is 31.8 Å². The van der Waals surface area contributed by atoms with Crippen LogP contribution in [0.4, 0.5) is 0 Å². The molecule has 1 saturated heterocycles. The summed E-state index contributed by atoms with van der Waals surface area (Å²) in [5, 5.41) is 3.00. The average molecular weight is 394 g/mol. The number of hydrogen-bond acceptors (Lipinski definition) is 4. The molecule has 2 aromatic carbocycles. The van der Waals surface area contributed by atoms with Gasteiger partial charge in [0.1, 0.15) is 17.1 Å². The Kier molecular flexibility index (Phi) is 5.18. The number of piperidine rings is 1. The summed E-state index contributed by atoms with van der Waals surface area (Å²) in [7, 11) is 1.62. The minimum atomic E-state index is -0.469. The molecule has 1 spiro atoms. The van der Waals surface area contributed by atoms with Crippen molar-refractivity contribution in [2.24, 2.45) is 0 Å². The van der Waals surface area contributed by atoms with E-state index < -0.39 is 5.60 Å². The molecule has 2 amide bonds. The summed E-state index contributed by atoms with van der Waals surface area (Å²) in [5.41, 5.74) is 2.08. The Bertz CT molecular complexity index is 932. The quantitative estimate of drug-likeness (QED) is 0.869. The van der Waals surface area contributed by atoms with Crippen LogP contribution in [0.3, 0.4) is 0 Å². The second kappa shape index (κ2) is 7.78. The number of aryl methyl sites for hydroxylation is 1. The molecule has 2 heterocycles. The number of carbonyl (C=O) groups is 2. The van der Waals surface area contributed by atoms with Crippen LogP contribution in [0, 0.1) is 6.92 Å². The number of nitrogens with one attached hydrogen (secondary N) is 1. The topological polar surface area (TPSA) is 67.9 Å². The predicted octanol–water partition coefficient (Wildman–Crippen LogP) is 2.73. The molecule has 4 rings (SSSR count). The van der Waals surface area contributed by atoms with E-state index in [2.05, 4.69) is 5.32 Å². The number of hydrogen-bond donors (Lipinski definition) is 1. The molecular formula is C23H26N2O4. The minimum absolute atomic E-state index is 0.0989. The smallest absolute Gasteiger partial charge is 0.255 e. The van der Waals surface area contributed by atoms with E-state index >= 15 is 0 Å². The summed E-state index contributed by atoms with van der Waals surface area (Å²) in [4.78, 5) is 27.1. The van der Waals surface area contributed by atoms with E-state index in [0.717, 1.165) is 16.9 Å². The molecule has 6 heteroatoms. The fraction of sp³-hybridized carbons (Fsp3) is 0.391. The van der Waals surface area contributed by atoms with Gasteiger partial charge in [0.2, 0.25) is 5.91 Å². The molecule has 0 aliphatic carbocycles. The van der Waals surface area contributed by atoms with Crippen LogP contribution >= 0.6 is 0 Å². The van der Waals surface area contributed by atoms with Crippen LogP contribution in [-0.2, 0) is 11.2 Å². The molecule has 0 unspecified atom stereocenters. The van der Waals surface area contributed by atoms with Crippen LogP contribution in [0.5, 0.6) is 11.5 Å². The summed E-state index contributed by atoms with van der Waals surface area (Å²) >= 11 is 0. The maximum Gasteiger partial charge on any atom is 0.255 e. The summed E-state index contributed by atoms with van der Waals surface area (Å²) in [6, 6.07) is 13.3. The molecular weight excluding hydrogens is 368 g/mol. The number of methoxy groups -OCH3 is 1. The highest BCUT2D eigenvalue weighted by Gasteiger charge is 2.40. The molecule has 0 radical (unpaired) electrons. The Hall–Kier alpha value is -3.02. The summed E-state index contributed by atoms with van der Waals surface area (Å²) in [6.45, 7) is 3.64. The van der Waals surface area contributed by atoms with E-state index in [4.69, 9.17) is 9.47 Å². The van der Waals surface area contributed by atoms with Crippen LogP contribution in [-0.4, -0.2) is 49.1 Å². The lowest BCUT2D eigenvalue weighted by Gasteiger charge is -2.41. The van der Waals surface area contributed by atoms with E-state index in [0.29, 0.717) is 50.2 Å². The third kappa shape index (κ3) is 4.06. The van der Waals surface area contributed by atoms with Gasteiger partial charge in [-0.2, -0.15) is 0 Å². The summed E-state index contributed by atoms with van der Waals surface area (Å²) < 4.78 is 11.6. The van der Waals surface area contributed by atoms with Gasteiger partial charge in [-0.05, 0) is 36.8 Å². The first-order chi connectivity index (χ1) is 14.0. The second-order valence-electron chi connectivity index (χ2n) is 7.88. The Morgan fingerprint density at radius 2 is 2.00 bits per heavy atom. The molecule has 1 N–H and O–H groups in total. The second-order valence-corrected chi connectivity index (χ2v) is 7.88. The monoisotopic (exact) mass is 394 g/mol. The molecule has 2 aromatic rings. The zero-order chi connectivity index (χ0) is 20.4. The van der Waals surface area contributed by atoms with Crippen molar-refractivity contribution in [1.82, 2.24) is 10.2 Å². The van der Waals surface area contributed by atoms with Gasteiger partial charge in [-0.15, -0.1) is 0 Å². The lowest BCUT2D eigenvalue weighted by atomic mass is 9.90. The number of nitrogens with zero attached hydrogens (tertiary/aromatic N) is 1. The van der Waals surface area contributed by atoms with Gasteiger partial charge in [0.15, 0.2) is 0 Å². The zero-order valence-corrected chi connectivity index (χ0v) is 16.9. The van der Waals surface area contributed by atoms with Gasteiger partial charge in [-0.25, -0.2) is 0 Å². The molecule has 0 aromatic heterocycles. The Morgan fingerprint density at radius 3 is 2.76 bits per heavy atom. The van der Waals surface area contributed by atoms with E-state index in [1.54, 1.807) is 7.11 Å². The molecule has 0 saturated carbocycles. The zero-order valence-electron chi connectivity index (χ0n) is 16.9. The Labute approximate surface area is 170 Å². The van der Waals surface area contributed by atoms with E-state index in [9.17, 15) is 9.59 Å². The van der Waals surface area contributed by atoms with Gasteiger partial charge in [0.05, 0.1) is 25.6 Å². The standard InChI is InChI=1S/C23H26N2O4/c1-16-6-7-20-19(12-16)22(27)24-15-23(29-20)8-10-25(11-9-23)21(26)14-17-4-3-5-18(13-17)28-2/h3-7,12-13H,8-11,14-15H2,1-2H3,(H,24,27). The average Bonchev–Trinajstić information content (AvgIpc) is 2.86. The van der Waals surface area contributed by atoms with Gasteiger partial charge >= 0.3 is 0 Å². The van der Waals surface area contributed by atoms with Crippen LogP contribution < -0.4 is 14.8 Å². The van der Waals surface area contributed by atoms with E-state index in [1.807, 2.05) is 54.3 Å². The first-order valence-corrected chi connectivity index (χ1v) is 9.97. The maximum absolute atomic E-state index is 12.8. The van der Waals surface area contributed by atoms with Crippen LogP contribution in [0.25, 0.3) is 0 Å². The highest BCUT2D eigenvalue weighted by Crippen LogP contribution is 2.33. The van der Waals surface area contributed by atoms with Gasteiger partial charge in [-0.3, -0.25) is 9.59 Å². The fourth-order valence-electron chi connectivity index (χ4n) is 4.03. The number of ether oxygens (including phenoxy) is 2. The van der Waals surface area contributed by atoms with Crippen LogP contribution in [0.2, 0.25) is 0 Å². The molecule has 2 aliphatic rings. The van der Waals surface area contributed by atoms with Crippen molar-refractivity contribution in [1.29, 1.82) is 0 Å². The normalized spacial score (nSPS) is 17.7. The molecule has 0 atom stereocenters. The van der Waals surface area contributed by atoms with Crippen molar-refractivity contribution in [2.75, 3.05) is 26.7 Å². The predicted molar refractivity (Wildman–Crippen MR) is 109 cm³/mol. The van der Waals surface area contributed by atoms with E-state index in [-0.39, 0.29) is 11.8 Å². The lowest BCUT2D eigenvalue weighted by molar-refractivity contribution is -0.133. The van der Waals surface area contributed by atoms with Gasteiger partial charge in [-0.1, -0.05) is 23.8 Å². The highest BCUT2D eigenvalue weighted by molar-refractivity contribution is 5.97. The largest absolute Gasteiger partial charge is 0.497 e. The van der Waals surface area contributed by atoms with Crippen molar-refractivity contribution in [3.05, 3.63) is 59.2 Å². The Balaban J connectivity index is 1.42.